The number of nitrogens with zero attached hydrogens (tertiary/aromatic N) is 2. The Bertz CT molecular complexity index is 950. The molecular formula is C20H17N3O4. The number of carbonyl (C=O) groups excluding carboxylic acids is 4. The van der Waals surface area contributed by atoms with E-state index < -0.39 is 36.2 Å². The Morgan fingerprint density at radius 2 is 1.56 bits per heavy atom. The molecule has 0 saturated carbocycles. The van der Waals surface area contributed by atoms with Crippen LogP contribution in [0.5, 0.6) is 0 Å². The van der Waals surface area contributed by atoms with E-state index in [0.29, 0.717) is 18.5 Å². The van der Waals surface area contributed by atoms with Gasteiger partial charge in [-0.1, -0.05) is 36.4 Å². The fraction of sp³-hybridized carbons (Fsp3) is 0.200. The van der Waals surface area contributed by atoms with Crippen molar-refractivity contribution in [2.24, 2.45) is 5.73 Å². The summed E-state index contributed by atoms with van der Waals surface area (Å²) < 4.78 is 0. The molecule has 0 bridgehead atoms. The molecule has 2 N–H and O–H groups in total. The molecule has 1 unspecified atom stereocenters. The van der Waals surface area contributed by atoms with Crippen molar-refractivity contribution in [2.45, 2.75) is 12.5 Å². The van der Waals surface area contributed by atoms with E-state index in [4.69, 9.17) is 5.73 Å². The Kier molecular flexibility index (Phi) is 3.99. The number of benzene rings is 2. The highest BCUT2D eigenvalue weighted by Gasteiger charge is 2.40. The zero-order valence-electron chi connectivity index (χ0n) is 14.4. The molecule has 0 fully saturated rings. The summed E-state index contributed by atoms with van der Waals surface area (Å²) in [6, 6.07) is 12.9. The van der Waals surface area contributed by atoms with Crippen LogP contribution in [0.3, 0.4) is 0 Å². The Morgan fingerprint density at radius 1 is 0.963 bits per heavy atom. The van der Waals surface area contributed by atoms with E-state index in [1.807, 2.05) is 12.1 Å². The zero-order chi connectivity index (χ0) is 19.1. The second-order valence-electron chi connectivity index (χ2n) is 6.58. The maximum atomic E-state index is 12.9. The molecule has 0 aromatic heterocycles. The molecule has 27 heavy (non-hydrogen) atoms. The molecule has 2 aromatic rings. The maximum absolute atomic E-state index is 12.9. The van der Waals surface area contributed by atoms with Gasteiger partial charge in [-0.25, -0.2) is 0 Å². The van der Waals surface area contributed by atoms with Gasteiger partial charge < -0.3 is 10.6 Å². The number of primary amides is 1. The van der Waals surface area contributed by atoms with Crippen molar-refractivity contribution in [1.29, 1.82) is 0 Å². The van der Waals surface area contributed by atoms with Crippen LogP contribution in [0.15, 0.2) is 48.5 Å². The van der Waals surface area contributed by atoms with Gasteiger partial charge in [0, 0.05) is 6.54 Å². The largest absolute Gasteiger partial charge is 0.368 e. The topological polar surface area (TPSA) is 101 Å². The quantitative estimate of drug-likeness (QED) is 0.819. The molecule has 1 atom stereocenters. The molecule has 0 spiro atoms. The fourth-order valence-electron chi connectivity index (χ4n) is 3.75. The van der Waals surface area contributed by atoms with E-state index in [0.717, 1.165) is 10.5 Å². The summed E-state index contributed by atoms with van der Waals surface area (Å²) in [6.45, 7) is -0.120. The first-order chi connectivity index (χ1) is 13.0. The predicted octanol–water partition coefficient (Wildman–Crippen LogP) is 0.894. The molecule has 4 rings (SSSR count). The van der Waals surface area contributed by atoms with Crippen molar-refractivity contribution in [2.75, 3.05) is 13.1 Å². The maximum Gasteiger partial charge on any atom is 0.262 e. The SMILES string of the molecule is NC(=O)C1c2ccccc2CCN1C(=O)CN1C(=O)c2ccccc2C1=O. The smallest absolute Gasteiger partial charge is 0.262 e. The molecule has 2 aliphatic rings. The van der Waals surface area contributed by atoms with Gasteiger partial charge in [0.25, 0.3) is 11.8 Å². The van der Waals surface area contributed by atoms with Crippen molar-refractivity contribution in [3.8, 4) is 0 Å². The van der Waals surface area contributed by atoms with Gasteiger partial charge in [-0.05, 0) is 29.7 Å². The van der Waals surface area contributed by atoms with Crippen LogP contribution < -0.4 is 5.73 Å². The van der Waals surface area contributed by atoms with Gasteiger partial charge in [-0.15, -0.1) is 0 Å². The highest BCUT2D eigenvalue weighted by atomic mass is 16.2. The highest BCUT2D eigenvalue weighted by Crippen LogP contribution is 2.30. The second kappa shape index (κ2) is 6.35. The normalized spacial score (nSPS) is 18.3. The molecule has 7 nitrogen and oxygen atoms in total. The lowest BCUT2D eigenvalue weighted by Gasteiger charge is -2.36. The third-order valence-corrected chi connectivity index (χ3v) is 5.04. The van der Waals surface area contributed by atoms with Gasteiger partial charge in [-0.3, -0.25) is 24.1 Å². The molecular weight excluding hydrogens is 346 g/mol. The molecule has 0 saturated heterocycles. The molecule has 7 heteroatoms. The highest BCUT2D eigenvalue weighted by molar-refractivity contribution is 6.22. The van der Waals surface area contributed by atoms with Crippen LogP contribution >= 0.6 is 0 Å². The standard InChI is InChI=1S/C20H17N3O4/c21-18(25)17-13-6-2-1-5-12(13)9-10-22(17)16(24)11-23-19(26)14-7-3-4-8-15(14)20(23)27/h1-8,17H,9-11H2,(H2,21,25). The third-order valence-electron chi connectivity index (χ3n) is 5.04. The molecule has 2 heterocycles. The van der Waals surface area contributed by atoms with Crippen molar-refractivity contribution in [3.05, 3.63) is 70.8 Å². The molecule has 2 aromatic carbocycles. The summed E-state index contributed by atoms with van der Waals surface area (Å²) in [5, 5.41) is 0. The summed E-state index contributed by atoms with van der Waals surface area (Å²) in [4.78, 5) is 52.2. The first-order valence-corrected chi connectivity index (χ1v) is 8.61. The molecule has 0 aliphatic carbocycles. The van der Waals surface area contributed by atoms with Crippen molar-refractivity contribution in [1.82, 2.24) is 9.80 Å². The molecule has 4 amide bonds. The average molecular weight is 363 g/mol. The summed E-state index contributed by atoms with van der Waals surface area (Å²) in [5.74, 6) is -2.13. The summed E-state index contributed by atoms with van der Waals surface area (Å²) in [7, 11) is 0. The number of carbonyl (C=O) groups is 4. The number of hydrogen-bond acceptors (Lipinski definition) is 4. The third kappa shape index (κ3) is 2.68. The summed E-state index contributed by atoms with van der Waals surface area (Å²) in [5.41, 5.74) is 7.78. The van der Waals surface area contributed by atoms with Crippen LogP contribution in [0.25, 0.3) is 0 Å². The van der Waals surface area contributed by atoms with Crippen LogP contribution in [-0.2, 0) is 16.0 Å². The molecule has 0 radical (unpaired) electrons. The molecule has 136 valence electrons. The Hall–Kier alpha value is -3.48. The van der Waals surface area contributed by atoms with Crippen molar-refractivity contribution < 1.29 is 19.2 Å². The van der Waals surface area contributed by atoms with Crippen molar-refractivity contribution >= 4 is 23.6 Å². The summed E-state index contributed by atoms with van der Waals surface area (Å²) in [6.07, 6.45) is 0.577. The second-order valence-corrected chi connectivity index (χ2v) is 6.58. The minimum atomic E-state index is -0.905. The van der Waals surface area contributed by atoms with E-state index in [-0.39, 0.29) is 11.1 Å². The zero-order valence-corrected chi connectivity index (χ0v) is 14.4. The lowest BCUT2D eigenvalue weighted by molar-refractivity contribution is -0.140. The monoisotopic (exact) mass is 363 g/mol. The number of nitrogens with two attached hydrogens (primary N) is 1. The van der Waals surface area contributed by atoms with Gasteiger partial charge in [0.2, 0.25) is 11.8 Å². The van der Waals surface area contributed by atoms with Crippen LogP contribution in [0.2, 0.25) is 0 Å². The van der Waals surface area contributed by atoms with E-state index in [9.17, 15) is 19.2 Å². The van der Waals surface area contributed by atoms with E-state index in [1.54, 1.807) is 36.4 Å². The van der Waals surface area contributed by atoms with Gasteiger partial charge in [-0.2, -0.15) is 0 Å². The number of amides is 4. The number of fused-ring (bicyclic) bond motifs is 2. The lowest BCUT2D eigenvalue weighted by atomic mass is 9.92. The van der Waals surface area contributed by atoms with Gasteiger partial charge in [0.15, 0.2) is 0 Å². The Balaban J connectivity index is 1.60. The minimum absolute atomic E-state index is 0.283. The first-order valence-electron chi connectivity index (χ1n) is 8.61. The van der Waals surface area contributed by atoms with E-state index >= 15 is 0 Å². The average Bonchev–Trinajstić information content (AvgIpc) is 2.92. The predicted molar refractivity (Wildman–Crippen MR) is 95.6 cm³/mol. The Morgan fingerprint density at radius 3 is 2.19 bits per heavy atom. The van der Waals surface area contributed by atoms with Crippen molar-refractivity contribution in [3.63, 3.8) is 0 Å². The fourth-order valence-corrected chi connectivity index (χ4v) is 3.75. The van der Waals surface area contributed by atoms with Gasteiger partial charge in [0.05, 0.1) is 11.1 Å². The number of hydrogen-bond donors (Lipinski definition) is 1. The summed E-state index contributed by atoms with van der Waals surface area (Å²) >= 11 is 0. The van der Waals surface area contributed by atoms with E-state index in [1.165, 1.54) is 4.90 Å². The first kappa shape index (κ1) is 17.0. The minimum Gasteiger partial charge on any atom is -0.368 e. The number of imide groups is 1. The Labute approximate surface area is 155 Å². The van der Waals surface area contributed by atoms with Crippen LogP contribution in [0.4, 0.5) is 0 Å². The van der Waals surface area contributed by atoms with Crippen LogP contribution in [0.1, 0.15) is 37.9 Å². The van der Waals surface area contributed by atoms with Crippen LogP contribution in [-0.4, -0.2) is 46.5 Å². The lowest BCUT2D eigenvalue weighted by Crippen LogP contribution is -2.50. The molecule has 2 aliphatic heterocycles. The number of rotatable bonds is 3. The van der Waals surface area contributed by atoms with Gasteiger partial charge >= 0.3 is 0 Å². The van der Waals surface area contributed by atoms with Gasteiger partial charge in [0.1, 0.15) is 12.6 Å². The van der Waals surface area contributed by atoms with Crippen LogP contribution in [0, 0.1) is 0 Å². The van der Waals surface area contributed by atoms with E-state index in [2.05, 4.69) is 0 Å².